The summed E-state index contributed by atoms with van der Waals surface area (Å²) >= 11 is 18.0. The van der Waals surface area contributed by atoms with E-state index in [2.05, 4.69) is 5.32 Å². The fourth-order valence-electron chi connectivity index (χ4n) is 1.64. The summed E-state index contributed by atoms with van der Waals surface area (Å²) in [5.41, 5.74) is 1.68. The minimum atomic E-state index is -0.360. The molecule has 0 aliphatic rings. The monoisotopic (exact) mass is 313 g/mol. The summed E-state index contributed by atoms with van der Waals surface area (Å²) < 4.78 is 0. The summed E-state index contributed by atoms with van der Waals surface area (Å²) in [5.74, 6) is -0.360. The van der Waals surface area contributed by atoms with Crippen molar-refractivity contribution in [2.75, 3.05) is 5.32 Å². The first-order valence-corrected chi connectivity index (χ1v) is 6.64. The number of amides is 1. The van der Waals surface area contributed by atoms with Crippen molar-refractivity contribution >= 4 is 46.4 Å². The van der Waals surface area contributed by atoms with E-state index in [1.807, 2.05) is 6.92 Å². The average Bonchev–Trinajstić information content (AvgIpc) is 2.35. The Balaban J connectivity index is 2.34. The largest absolute Gasteiger partial charge is 0.322 e. The number of rotatable bonds is 2. The zero-order chi connectivity index (χ0) is 14.0. The van der Waals surface area contributed by atoms with Gasteiger partial charge in [-0.2, -0.15) is 0 Å². The van der Waals surface area contributed by atoms with Crippen LogP contribution in [0.4, 0.5) is 5.69 Å². The van der Waals surface area contributed by atoms with E-state index in [9.17, 15) is 4.79 Å². The summed E-state index contributed by atoms with van der Waals surface area (Å²) in [6.07, 6.45) is 0. The number of halogens is 3. The Hall–Kier alpha value is -1.22. The van der Waals surface area contributed by atoms with Crippen molar-refractivity contribution in [1.82, 2.24) is 0 Å². The molecule has 0 fully saturated rings. The van der Waals surface area contributed by atoms with E-state index in [0.717, 1.165) is 5.56 Å². The molecule has 0 heterocycles. The quantitative estimate of drug-likeness (QED) is 0.810. The molecule has 98 valence electrons. The van der Waals surface area contributed by atoms with Gasteiger partial charge in [-0.3, -0.25) is 4.79 Å². The van der Waals surface area contributed by atoms with Gasteiger partial charge < -0.3 is 5.32 Å². The van der Waals surface area contributed by atoms with Crippen LogP contribution >= 0.6 is 34.8 Å². The van der Waals surface area contributed by atoms with Crippen LogP contribution in [0, 0.1) is 6.92 Å². The molecule has 0 unspecified atom stereocenters. The molecule has 1 N–H and O–H groups in total. The Morgan fingerprint density at radius 3 is 2.11 bits per heavy atom. The number of carbonyl (C=O) groups is 1. The first-order valence-electron chi connectivity index (χ1n) is 5.51. The predicted molar refractivity (Wildman–Crippen MR) is 80.6 cm³/mol. The van der Waals surface area contributed by atoms with Gasteiger partial charge in [-0.15, -0.1) is 0 Å². The standard InChI is InChI=1S/C14H10Cl3NO/c1-8-9(15)4-3-7-12(8)18-14(19)13-10(16)5-2-6-11(13)17/h2-7H,1H3,(H,18,19). The van der Waals surface area contributed by atoms with Gasteiger partial charge in [0.05, 0.1) is 15.6 Å². The van der Waals surface area contributed by atoms with Gasteiger partial charge in [-0.05, 0) is 36.8 Å². The number of nitrogens with one attached hydrogen (secondary N) is 1. The maximum Gasteiger partial charge on any atom is 0.258 e. The smallest absolute Gasteiger partial charge is 0.258 e. The second-order valence-corrected chi connectivity index (χ2v) is 5.18. The molecule has 0 bridgehead atoms. The van der Waals surface area contributed by atoms with Crippen LogP contribution in [-0.2, 0) is 0 Å². The maximum absolute atomic E-state index is 12.2. The molecule has 0 radical (unpaired) electrons. The van der Waals surface area contributed by atoms with Crippen LogP contribution in [0.5, 0.6) is 0 Å². The minimum absolute atomic E-state index is 0.255. The van der Waals surface area contributed by atoms with Gasteiger partial charge in [0.25, 0.3) is 5.91 Å². The second-order valence-electron chi connectivity index (χ2n) is 3.96. The highest BCUT2D eigenvalue weighted by molar-refractivity contribution is 6.40. The molecule has 5 heteroatoms. The predicted octanol–water partition coefficient (Wildman–Crippen LogP) is 5.21. The van der Waals surface area contributed by atoms with Crippen LogP contribution in [0.2, 0.25) is 15.1 Å². The number of hydrogen-bond donors (Lipinski definition) is 1. The highest BCUT2D eigenvalue weighted by Gasteiger charge is 2.15. The Kier molecular flexibility index (Phi) is 4.35. The average molecular weight is 315 g/mol. The lowest BCUT2D eigenvalue weighted by atomic mass is 10.1. The molecule has 2 rings (SSSR count). The molecule has 2 aromatic rings. The van der Waals surface area contributed by atoms with Crippen molar-refractivity contribution in [3.63, 3.8) is 0 Å². The van der Waals surface area contributed by atoms with Crippen molar-refractivity contribution in [2.24, 2.45) is 0 Å². The van der Waals surface area contributed by atoms with Crippen LogP contribution in [0.15, 0.2) is 36.4 Å². The van der Waals surface area contributed by atoms with Gasteiger partial charge in [0.2, 0.25) is 0 Å². The van der Waals surface area contributed by atoms with Gasteiger partial charge in [-0.1, -0.05) is 46.9 Å². The lowest BCUT2D eigenvalue weighted by Crippen LogP contribution is -2.14. The first-order chi connectivity index (χ1) is 9.00. The second kappa shape index (κ2) is 5.83. The van der Waals surface area contributed by atoms with E-state index in [0.29, 0.717) is 20.8 Å². The Morgan fingerprint density at radius 1 is 0.947 bits per heavy atom. The topological polar surface area (TPSA) is 29.1 Å². The number of hydrogen-bond acceptors (Lipinski definition) is 1. The fourth-order valence-corrected chi connectivity index (χ4v) is 2.39. The third kappa shape index (κ3) is 3.03. The van der Waals surface area contributed by atoms with Crippen molar-refractivity contribution < 1.29 is 4.79 Å². The summed E-state index contributed by atoms with van der Waals surface area (Å²) in [6.45, 7) is 1.83. The number of carbonyl (C=O) groups excluding carboxylic acids is 1. The van der Waals surface area contributed by atoms with Gasteiger partial charge in [0.1, 0.15) is 0 Å². The number of anilines is 1. The maximum atomic E-state index is 12.2. The Bertz CT molecular complexity index is 620. The highest BCUT2D eigenvalue weighted by atomic mass is 35.5. The Labute approximate surface area is 126 Å². The number of benzene rings is 2. The molecule has 19 heavy (non-hydrogen) atoms. The fraction of sp³-hybridized carbons (Fsp3) is 0.0714. The van der Waals surface area contributed by atoms with E-state index >= 15 is 0 Å². The Morgan fingerprint density at radius 2 is 1.47 bits per heavy atom. The van der Waals surface area contributed by atoms with Gasteiger partial charge >= 0.3 is 0 Å². The van der Waals surface area contributed by atoms with E-state index in [-0.39, 0.29) is 11.5 Å². The van der Waals surface area contributed by atoms with E-state index in [1.165, 1.54) is 0 Å². The molecule has 0 aliphatic heterocycles. The normalized spacial score (nSPS) is 10.3. The summed E-state index contributed by atoms with van der Waals surface area (Å²) in [6, 6.07) is 10.2. The van der Waals surface area contributed by atoms with Gasteiger partial charge in [0.15, 0.2) is 0 Å². The molecular weight excluding hydrogens is 305 g/mol. The molecule has 0 aromatic heterocycles. The van der Waals surface area contributed by atoms with Gasteiger partial charge in [-0.25, -0.2) is 0 Å². The van der Waals surface area contributed by atoms with Crippen LogP contribution in [0.25, 0.3) is 0 Å². The highest BCUT2D eigenvalue weighted by Crippen LogP contribution is 2.27. The zero-order valence-corrected chi connectivity index (χ0v) is 12.3. The lowest BCUT2D eigenvalue weighted by Gasteiger charge is -2.11. The SMILES string of the molecule is Cc1c(Cl)cccc1NC(=O)c1c(Cl)cccc1Cl. The van der Waals surface area contributed by atoms with Crippen molar-refractivity contribution in [1.29, 1.82) is 0 Å². The molecule has 0 spiro atoms. The first kappa shape index (κ1) is 14.2. The van der Waals surface area contributed by atoms with Crippen LogP contribution in [-0.4, -0.2) is 5.91 Å². The van der Waals surface area contributed by atoms with Gasteiger partial charge in [0, 0.05) is 10.7 Å². The molecule has 0 atom stereocenters. The summed E-state index contributed by atoms with van der Waals surface area (Å²) in [4.78, 5) is 12.2. The molecule has 0 aliphatic carbocycles. The lowest BCUT2D eigenvalue weighted by molar-refractivity contribution is 0.102. The molecular formula is C14H10Cl3NO. The molecule has 2 nitrogen and oxygen atoms in total. The minimum Gasteiger partial charge on any atom is -0.322 e. The summed E-state index contributed by atoms with van der Waals surface area (Å²) in [5, 5.41) is 3.96. The van der Waals surface area contributed by atoms with Crippen molar-refractivity contribution in [2.45, 2.75) is 6.92 Å². The van der Waals surface area contributed by atoms with Crippen molar-refractivity contribution in [3.05, 3.63) is 62.6 Å². The van der Waals surface area contributed by atoms with Crippen LogP contribution < -0.4 is 5.32 Å². The summed E-state index contributed by atoms with van der Waals surface area (Å²) in [7, 11) is 0. The van der Waals surface area contributed by atoms with Crippen molar-refractivity contribution in [3.8, 4) is 0 Å². The molecule has 2 aromatic carbocycles. The molecule has 1 amide bonds. The molecule has 0 saturated heterocycles. The zero-order valence-electron chi connectivity index (χ0n) is 10.0. The third-order valence-electron chi connectivity index (χ3n) is 2.71. The van der Waals surface area contributed by atoms with Crippen LogP contribution in [0.1, 0.15) is 15.9 Å². The van der Waals surface area contributed by atoms with Crippen LogP contribution in [0.3, 0.4) is 0 Å². The van der Waals surface area contributed by atoms with E-state index in [4.69, 9.17) is 34.8 Å². The van der Waals surface area contributed by atoms with E-state index < -0.39 is 0 Å². The van der Waals surface area contributed by atoms with E-state index in [1.54, 1.807) is 36.4 Å². The third-order valence-corrected chi connectivity index (χ3v) is 3.75. The molecule has 0 saturated carbocycles.